The Kier molecular flexibility index (Phi) is 9.33. The van der Waals surface area contributed by atoms with E-state index in [-0.39, 0.29) is 48.2 Å². The fourth-order valence-electron chi connectivity index (χ4n) is 1.96. The maximum absolute atomic E-state index is 12.0. The third kappa shape index (κ3) is 8.26. The van der Waals surface area contributed by atoms with Crippen LogP contribution in [0.25, 0.3) is 0 Å². The first-order valence-electron chi connectivity index (χ1n) is 7.59. The van der Waals surface area contributed by atoms with E-state index in [0.29, 0.717) is 6.42 Å². The molecule has 3 N–H and O–H groups in total. The van der Waals surface area contributed by atoms with Gasteiger partial charge in [0.2, 0.25) is 17.7 Å². The minimum atomic E-state index is -0.336. The molecule has 0 fully saturated rings. The Morgan fingerprint density at radius 2 is 1.62 bits per heavy atom. The monoisotopic (exact) mass is 369 g/mol. The smallest absolute Gasteiger partial charge is 0.230 e. The van der Waals surface area contributed by atoms with Gasteiger partial charge in [-0.05, 0) is 25.5 Å². The quantitative estimate of drug-likeness (QED) is 0.424. The summed E-state index contributed by atoms with van der Waals surface area (Å²) in [6.07, 6.45) is 0.631. The van der Waals surface area contributed by atoms with Crippen LogP contribution in [-0.2, 0) is 14.4 Å². The standard InChI is InChI=1S/C16H23N3O3S2/c1-11-2-4-12(5-3-11)18-14(20)7-6-13(19-16(22)10-24)8-17-15(21)9-23/h2-5,13,23-24H,6-10H2,1H3,(H,17,21)(H,18,20)(H,19,22). The van der Waals surface area contributed by atoms with Crippen LogP contribution >= 0.6 is 25.3 Å². The molecule has 0 spiro atoms. The molecule has 1 aromatic carbocycles. The molecule has 0 saturated carbocycles. The van der Waals surface area contributed by atoms with Crippen molar-refractivity contribution < 1.29 is 14.4 Å². The molecule has 0 aromatic heterocycles. The van der Waals surface area contributed by atoms with Crippen LogP contribution in [0.4, 0.5) is 5.69 Å². The Balaban J connectivity index is 2.49. The van der Waals surface area contributed by atoms with Crippen molar-refractivity contribution in [2.75, 3.05) is 23.4 Å². The van der Waals surface area contributed by atoms with Gasteiger partial charge in [-0.2, -0.15) is 25.3 Å². The van der Waals surface area contributed by atoms with Crippen LogP contribution < -0.4 is 16.0 Å². The minimum Gasteiger partial charge on any atom is -0.353 e. The van der Waals surface area contributed by atoms with Crippen LogP contribution in [-0.4, -0.2) is 41.8 Å². The van der Waals surface area contributed by atoms with Gasteiger partial charge in [-0.15, -0.1) is 0 Å². The third-order valence-electron chi connectivity index (χ3n) is 3.25. The lowest BCUT2D eigenvalue weighted by atomic mass is 10.1. The SMILES string of the molecule is Cc1ccc(NC(=O)CCC(CNC(=O)CS)NC(=O)CS)cc1. The van der Waals surface area contributed by atoms with E-state index in [4.69, 9.17) is 0 Å². The first-order chi connectivity index (χ1) is 11.4. The summed E-state index contributed by atoms with van der Waals surface area (Å²) in [5.41, 5.74) is 1.84. The zero-order valence-electron chi connectivity index (χ0n) is 13.5. The van der Waals surface area contributed by atoms with Crippen molar-refractivity contribution in [2.24, 2.45) is 0 Å². The van der Waals surface area contributed by atoms with Crippen molar-refractivity contribution in [2.45, 2.75) is 25.8 Å². The van der Waals surface area contributed by atoms with Gasteiger partial charge in [-0.1, -0.05) is 17.7 Å². The number of carbonyl (C=O) groups excluding carboxylic acids is 3. The summed E-state index contributed by atoms with van der Waals surface area (Å²) in [6.45, 7) is 2.22. The molecule has 6 nitrogen and oxygen atoms in total. The molecule has 1 aromatic rings. The second-order valence-corrected chi connectivity index (χ2v) is 5.97. The molecule has 1 atom stereocenters. The predicted molar refractivity (Wildman–Crippen MR) is 102 cm³/mol. The van der Waals surface area contributed by atoms with Gasteiger partial charge in [0.05, 0.1) is 11.5 Å². The summed E-state index contributed by atoms with van der Waals surface area (Å²) in [6, 6.07) is 7.16. The molecule has 0 radical (unpaired) electrons. The van der Waals surface area contributed by atoms with E-state index in [9.17, 15) is 14.4 Å². The number of nitrogens with one attached hydrogen (secondary N) is 3. The maximum atomic E-state index is 12.0. The fraction of sp³-hybridized carbons (Fsp3) is 0.438. The normalized spacial score (nSPS) is 11.5. The van der Waals surface area contributed by atoms with Crippen molar-refractivity contribution in [1.29, 1.82) is 0 Å². The summed E-state index contributed by atoms with van der Waals surface area (Å²) in [7, 11) is 0. The van der Waals surface area contributed by atoms with Crippen molar-refractivity contribution in [3.8, 4) is 0 Å². The van der Waals surface area contributed by atoms with Gasteiger partial charge in [0.15, 0.2) is 0 Å². The Bertz CT molecular complexity index is 564. The van der Waals surface area contributed by atoms with E-state index in [0.717, 1.165) is 11.3 Å². The number of thiol groups is 2. The summed E-state index contributed by atoms with van der Waals surface area (Å²) >= 11 is 7.79. The summed E-state index contributed by atoms with van der Waals surface area (Å²) in [5, 5.41) is 8.19. The lowest BCUT2D eigenvalue weighted by Crippen LogP contribution is -2.44. The Morgan fingerprint density at radius 3 is 2.21 bits per heavy atom. The van der Waals surface area contributed by atoms with E-state index in [1.54, 1.807) is 0 Å². The molecule has 24 heavy (non-hydrogen) atoms. The minimum absolute atomic E-state index is 0.0482. The zero-order valence-corrected chi connectivity index (χ0v) is 15.3. The van der Waals surface area contributed by atoms with Gasteiger partial charge in [0.25, 0.3) is 0 Å². The second kappa shape index (κ2) is 11.0. The topological polar surface area (TPSA) is 87.3 Å². The summed E-state index contributed by atoms with van der Waals surface area (Å²) in [4.78, 5) is 34.8. The van der Waals surface area contributed by atoms with Crippen LogP contribution in [0.2, 0.25) is 0 Å². The van der Waals surface area contributed by atoms with Crippen LogP contribution in [0.15, 0.2) is 24.3 Å². The highest BCUT2D eigenvalue weighted by atomic mass is 32.1. The molecule has 1 unspecified atom stereocenters. The molecule has 3 amide bonds. The van der Waals surface area contributed by atoms with Gasteiger partial charge in [-0.3, -0.25) is 14.4 Å². The Hall–Kier alpha value is -1.67. The number of benzene rings is 1. The third-order valence-corrected chi connectivity index (χ3v) is 3.83. The Morgan fingerprint density at radius 1 is 1.00 bits per heavy atom. The lowest BCUT2D eigenvalue weighted by molar-refractivity contribution is -0.121. The molecular weight excluding hydrogens is 346 g/mol. The molecule has 1 rings (SSSR count). The number of hydrogen-bond donors (Lipinski definition) is 5. The number of anilines is 1. The number of rotatable bonds is 9. The predicted octanol–water partition coefficient (Wildman–Crippen LogP) is 1.17. The van der Waals surface area contributed by atoms with Crippen LogP contribution in [0.5, 0.6) is 0 Å². The maximum Gasteiger partial charge on any atom is 0.230 e. The van der Waals surface area contributed by atoms with Crippen LogP contribution in [0.1, 0.15) is 18.4 Å². The first-order valence-corrected chi connectivity index (χ1v) is 8.85. The average molecular weight is 370 g/mol. The molecule has 0 heterocycles. The van der Waals surface area contributed by atoms with Gasteiger partial charge < -0.3 is 16.0 Å². The highest BCUT2D eigenvalue weighted by Gasteiger charge is 2.14. The summed E-state index contributed by atoms with van der Waals surface area (Å²) < 4.78 is 0. The molecule has 132 valence electrons. The van der Waals surface area contributed by atoms with E-state index < -0.39 is 0 Å². The largest absolute Gasteiger partial charge is 0.353 e. The molecule has 0 aliphatic rings. The summed E-state index contributed by atoms with van der Waals surface area (Å²) in [5.74, 6) is -0.507. The van der Waals surface area contributed by atoms with Gasteiger partial charge in [-0.25, -0.2) is 0 Å². The molecule has 0 saturated heterocycles. The van der Waals surface area contributed by atoms with Crippen molar-refractivity contribution >= 4 is 48.7 Å². The van der Waals surface area contributed by atoms with Crippen LogP contribution in [0, 0.1) is 6.92 Å². The van der Waals surface area contributed by atoms with E-state index >= 15 is 0 Å². The number of amides is 3. The number of hydrogen-bond acceptors (Lipinski definition) is 5. The van der Waals surface area contributed by atoms with Crippen molar-refractivity contribution in [3.63, 3.8) is 0 Å². The highest BCUT2D eigenvalue weighted by Crippen LogP contribution is 2.09. The van der Waals surface area contributed by atoms with E-state index in [1.807, 2.05) is 31.2 Å². The fourth-order valence-corrected chi connectivity index (χ4v) is 2.16. The van der Waals surface area contributed by atoms with Crippen LogP contribution in [0.3, 0.4) is 0 Å². The Labute approximate surface area is 153 Å². The number of aryl methyl sites for hydroxylation is 1. The first kappa shape index (κ1) is 20.4. The van der Waals surface area contributed by atoms with Crippen molar-refractivity contribution in [1.82, 2.24) is 10.6 Å². The van der Waals surface area contributed by atoms with Gasteiger partial charge >= 0.3 is 0 Å². The van der Waals surface area contributed by atoms with Gasteiger partial charge in [0.1, 0.15) is 0 Å². The highest BCUT2D eigenvalue weighted by molar-refractivity contribution is 7.81. The molecule has 8 heteroatoms. The molecule has 0 aliphatic heterocycles. The average Bonchev–Trinajstić information content (AvgIpc) is 2.58. The number of carbonyl (C=O) groups is 3. The van der Waals surface area contributed by atoms with E-state index in [2.05, 4.69) is 41.2 Å². The second-order valence-electron chi connectivity index (χ2n) is 5.34. The van der Waals surface area contributed by atoms with Gasteiger partial charge in [0, 0.05) is 24.7 Å². The zero-order chi connectivity index (χ0) is 17.9. The lowest BCUT2D eigenvalue weighted by Gasteiger charge is -2.18. The molecule has 0 bridgehead atoms. The van der Waals surface area contributed by atoms with E-state index in [1.165, 1.54) is 0 Å². The van der Waals surface area contributed by atoms with Crippen molar-refractivity contribution in [3.05, 3.63) is 29.8 Å². The molecular formula is C16H23N3O3S2. The molecule has 0 aliphatic carbocycles.